The zero-order valence-corrected chi connectivity index (χ0v) is 15.3. The van der Waals surface area contributed by atoms with Crippen LogP contribution in [-0.4, -0.2) is 37.3 Å². The molecule has 0 saturated heterocycles. The molecule has 1 aliphatic rings. The SMILES string of the molecule is Cc1ccc(S(=O)(=O)NC(C)(C)C)cc1C(=O)NC1=NCCS1. The van der Waals surface area contributed by atoms with Crippen LogP contribution in [-0.2, 0) is 10.0 Å². The lowest BCUT2D eigenvalue weighted by molar-refractivity contribution is 0.0977. The van der Waals surface area contributed by atoms with Crippen LogP contribution in [0.3, 0.4) is 0 Å². The Hall–Kier alpha value is -1.38. The summed E-state index contributed by atoms with van der Waals surface area (Å²) >= 11 is 1.48. The molecule has 0 unspecified atom stereocenters. The van der Waals surface area contributed by atoms with Crippen molar-refractivity contribution >= 4 is 32.9 Å². The smallest absolute Gasteiger partial charge is 0.257 e. The third-order valence-electron chi connectivity index (χ3n) is 3.01. The van der Waals surface area contributed by atoms with Gasteiger partial charge in [-0.3, -0.25) is 9.79 Å². The monoisotopic (exact) mass is 355 g/mol. The molecule has 0 radical (unpaired) electrons. The predicted molar refractivity (Wildman–Crippen MR) is 93.5 cm³/mol. The highest BCUT2D eigenvalue weighted by Crippen LogP contribution is 2.18. The van der Waals surface area contributed by atoms with Gasteiger partial charge in [0.05, 0.1) is 11.4 Å². The minimum absolute atomic E-state index is 0.0733. The molecule has 0 bridgehead atoms. The first-order valence-electron chi connectivity index (χ1n) is 7.22. The number of hydrogen-bond acceptors (Lipinski definition) is 5. The van der Waals surface area contributed by atoms with Crippen LogP contribution < -0.4 is 10.0 Å². The summed E-state index contributed by atoms with van der Waals surface area (Å²) in [4.78, 5) is 16.6. The molecule has 0 aliphatic carbocycles. The Bertz CT molecular complexity index is 750. The van der Waals surface area contributed by atoms with E-state index < -0.39 is 15.6 Å². The number of carbonyl (C=O) groups is 1. The van der Waals surface area contributed by atoms with Gasteiger partial charge < -0.3 is 5.32 Å². The second kappa shape index (κ2) is 6.62. The van der Waals surface area contributed by atoms with E-state index in [4.69, 9.17) is 0 Å². The maximum Gasteiger partial charge on any atom is 0.257 e. The summed E-state index contributed by atoms with van der Waals surface area (Å²) in [5, 5.41) is 3.30. The van der Waals surface area contributed by atoms with Gasteiger partial charge in [0.1, 0.15) is 0 Å². The molecule has 0 fully saturated rings. The molecule has 8 heteroatoms. The number of aliphatic imine (C=N–C) groups is 1. The lowest BCUT2D eigenvalue weighted by atomic mass is 10.1. The third-order valence-corrected chi connectivity index (χ3v) is 5.66. The first-order chi connectivity index (χ1) is 10.6. The molecule has 0 saturated carbocycles. The molecule has 6 nitrogen and oxygen atoms in total. The number of rotatable bonds is 3. The standard InChI is InChI=1S/C15H21N3O3S2/c1-10-5-6-11(23(20,21)18-15(2,3)4)9-12(10)13(19)17-14-16-7-8-22-14/h5-6,9,18H,7-8H2,1-4H3,(H,16,17,19). The van der Waals surface area contributed by atoms with Gasteiger partial charge in [-0.1, -0.05) is 17.8 Å². The van der Waals surface area contributed by atoms with Gasteiger partial charge in [-0.05, 0) is 45.4 Å². The molecule has 1 aromatic rings. The van der Waals surface area contributed by atoms with Crippen molar-refractivity contribution in [3.05, 3.63) is 29.3 Å². The van der Waals surface area contributed by atoms with Crippen molar-refractivity contribution in [1.29, 1.82) is 0 Å². The molecule has 1 aromatic carbocycles. The molecule has 23 heavy (non-hydrogen) atoms. The highest BCUT2D eigenvalue weighted by molar-refractivity contribution is 8.14. The molecular formula is C15H21N3O3S2. The predicted octanol–water partition coefficient (Wildman–Crippen LogP) is 1.90. The van der Waals surface area contributed by atoms with Crippen molar-refractivity contribution in [1.82, 2.24) is 10.0 Å². The van der Waals surface area contributed by atoms with Crippen LogP contribution >= 0.6 is 11.8 Å². The fourth-order valence-corrected chi connectivity index (χ4v) is 4.22. The number of nitrogens with zero attached hydrogens (tertiary/aromatic N) is 1. The van der Waals surface area contributed by atoms with Crippen molar-refractivity contribution < 1.29 is 13.2 Å². The molecule has 0 aromatic heterocycles. The van der Waals surface area contributed by atoms with Crippen molar-refractivity contribution in [2.24, 2.45) is 4.99 Å². The average Bonchev–Trinajstić information content (AvgIpc) is 2.88. The van der Waals surface area contributed by atoms with Gasteiger partial charge in [0.2, 0.25) is 10.0 Å². The van der Waals surface area contributed by atoms with E-state index in [2.05, 4.69) is 15.0 Å². The normalized spacial score (nSPS) is 15.4. The number of hydrogen-bond donors (Lipinski definition) is 2. The second-order valence-electron chi connectivity index (χ2n) is 6.32. The fourth-order valence-electron chi connectivity index (χ4n) is 2.05. The van der Waals surface area contributed by atoms with E-state index in [-0.39, 0.29) is 10.8 Å². The van der Waals surface area contributed by atoms with Gasteiger partial charge in [0.25, 0.3) is 5.91 Å². The summed E-state index contributed by atoms with van der Waals surface area (Å²) in [7, 11) is -3.68. The minimum atomic E-state index is -3.68. The minimum Gasteiger partial charge on any atom is -0.301 e. The summed E-state index contributed by atoms with van der Waals surface area (Å²) in [5.41, 5.74) is 0.444. The average molecular weight is 355 g/mol. The van der Waals surface area contributed by atoms with Gasteiger partial charge in [0.15, 0.2) is 5.17 Å². The Morgan fingerprint density at radius 1 is 1.30 bits per heavy atom. The fraction of sp³-hybridized carbons (Fsp3) is 0.467. The quantitative estimate of drug-likeness (QED) is 0.867. The van der Waals surface area contributed by atoms with E-state index in [1.807, 2.05) is 0 Å². The lowest BCUT2D eigenvalue weighted by Crippen LogP contribution is -2.40. The number of amidine groups is 1. The van der Waals surface area contributed by atoms with Crippen LogP contribution in [0.2, 0.25) is 0 Å². The molecule has 1 aliphatic heterocycles. The number of aryl methyl sites for hydroxylation is 1. The number of sulfonamides is 1. The summed E-state index contributed by atoms with van der Waals surface area (Å²) < 4.78 is 27.4. The Morgan fingerprint density at radius 2 is 2.00 bits per heavy atom. The van der Waals surface area contributed by atoms with Crippen LogP contribution in [0.4, 0.5) is 0 Å². The topological polar surface area (TPSA) is 87.6 Å². The van der Waals surface area contributed by atoms with Crippen LogP contribution in [0, 0.1) is 6.92 Å². The molecule has 2 rings (SSSR count). The molecule has 0 spiro atoms. The highest BCUT2D eigenvalue weighted by atomic mass is 32.2. The number of amides is 1. The molecular weight excluding hydrogens is 334 g/mol. The summed E-state index contributed by atoms with van der Waals surface area (Å²) in [6.45, 7) is 7.75. The van der Waals surface area contributed by atoms with Gasteiger partial charge in [-0.2, -0.15) is 0 Å². The number of carbonyl (C=O) groups excluding carboxylic acids is 1. The van der Waals surface area contributed by atoms with E-state index in [1.54, 1.807) is 33.8 Å². The zero-order valence-electron chi connectivity index (χ0n) is 13.6. The Balaban J connectivity index is 2.30. The Kier molecular flexibility index (Phi) is 5.17. The van der Waals surface area contributed by atoms with Crippen molar-refractivity contribution in [2.75, 3.05) is 12.3 Å². The van der Waals surface area contributed by atoms with Gasteiger partial charge >= 0.3 is 0 Å². The lowest BCUT2D eigenvalue weighted by Gasteiger charge is -2.20. The van der Waals surface area contributed by atoms with Crippen LogP contribution in [0.15, 0.2) is 28.1 Å². The maximum absolute atomic E-state index is 12.4. The summed E-state index contributed by atoms with van der Waals surface area (Å²) in [5.74, 6) is 0.502. The first-order valence-corrected chi connectivity index (χ1v) is 9.69. The second-order valence-corrected chi connectivity index (χ2v) is 9.09. The van der Waals surface area contributed by atoms with Gasteiger partial charge in [-0.15, -0.1) is 0 Å². The molecule has 0 atom stereocenters. The van der Waals surface area contributed by atoms with Crippen molar-refractivity contribution in [3.8, 4) is 0 Å². The number of benzene rings is 1. The van der Waals surface area contributed by atoms with E-state index >= 15 is 0 Å². The Labute approximate surface area is 141 Å². The van der Waals surface area contributed by atoms with Gasteiger partial charge in [0, 0.05) is 16.9 Å². The largest absolute Gasteiger partial charge is 0.301 e. The van der Waals surface area contributed by atoms with E-state index in [1.165, 1.54) is 23.9 Å². The van der Waals surface area contributed by atoms with Crippen LogP contribution in [0.5, 0.6) is 0 Å². The summed E-state index contributed by atoms with van der Waals surface area (Å²) in [6, 6.07) is 4.54. The summed E-state index contributed by atoms with van der Waals surface area (Å²) in [6.07, 6.45) is 0. The van der Waals surface area contributed by atoms with E-state index in [9.17, 15) is 13.2 Å². The molecule has 126 valence electrons. The molecule has 2 N–H and O–H groups in total. The van der Waals surface area contributed by atoms with E-state index in [0.717, 1.165) is 5.75 Å². The van der Waals surface area contributed by atoms with Crippen LogP contribution in [0.25, 0.3) is 0 Å². The van der Waals surface area contributed by atoms with Crippen molar-refractivity contribution in [3.63, 3.8) is 0 Å². The highest BCUT2D eigenvalue weighted by Gasteiger charge is 2.24. The van der Waals surface area contributed by atoms with Gasteiger partial charge in [-0.25, -0.2) is 13.1 Å². The Morgan fingerprint density at radius 3 is 2.57 bits per heavy atom. The molecule has 1 heterocycles. The number of thioether (sulfide) groups is 1. The number of nitrogens with one attached hydrogen (secondary N) is 2. The first kappa shape index (κ1) is 18.0. The van der Waals surface area contributed by atoms with E-state index in [0.29, 0.717) is 22.8 Å². The molecule has 1 amide bonds. The third kappa shape index (κ3) is 4.79. The van der Waals surface area contributed by atoms with Crippen LogP contribution in [0.1, 0.15) is 36.7 Å². The zero-order chi connectivity index (χ0) is 17.3. The van der Waals surface area contributed by atoms with Crippen molar-refractivity contribution in [2.45, 2.75) is 38.1 Å². The maximum atomic E-state index is 12.4.